The van der Waals surface area contributed by atoms with Crippen LogP contribution < -0.4 is 0 Å². The fraction of sp³-hybridized carbons (Fsp3) is 0.889. The van der Waals surface area contributed by atoms with Crippen LogP contribution >= 0.6 is 0 Å². The quantitative estimate of drug-likeness (QED) is 0.529. The maximum Gasteiger partial charge on any atom is 0.0863 e. The standard InChI is InChI=1S/C9H21N/c1-6-10(7-2,8-3)9(4)5/h9H,4,6-8H2,1-3,5H3/q+1. The van der Waals surface area contributed by atoms with Crippen molar-refractivity contribution in [3.8, 4) is 0 Å². The molecule has 0 bridgehead atoms. The fourth-order valence-corrected chi connectivity index (χ4v) is 1.61. The molecule has 0 aromatic heterocycles. The zero-order valence-electron chi connectivity index (χ0n) is 7.85. The van der Waals surface area contributed by atoms with E-state index >= 15 is 0 Å². The van der Waals surface area contributed by atoms with E-state index in [-0.39, 0.29) is 0 Å². The largest absolute Gasteiger partial charge is 0.322 e. The highest BCUT2D eigenvalue weighted by Crippen LogP contribution is 2.11. The van der Waals surface area contributed by atoms with Gasteiger partial charge in [0.25, 0.3) is 0 Å². The molecule has 0 saturated heterocycles. The average Bonchev–Trinajstić information content (AvgIpc) is 1.92. The Hall–Kier alpha value is -0.0400. The molecule has 0 aromatic rings. The molecule has 1 heteroatoms. The lowest BCUT2D eigenvalue weighted by molar-refractivity contribution is -0.939. The zero-order chi connectivity index (χ0) is 8.20. The van der Waals surface area contributed by atoms with Gasteiger partial charge in [-0.3, -0.25) is 0 Å². The van der Waals surface area contributed by atoms with Crippen LogP contribution in [-0.4, -0.2) is 30.2 Å². The second kappa shape index (κ2) is 3.97. The lowest BCUT2D eigenvalue weighted by atomic mass is 10.2. The van der Waals surface area contributed by atoms with Gasteiger partial charge in [0, 0.05) is 6.92 Å². The first-order valence-corrected chi connectivity index (χ1v) is 4.31. The summed E-state index contributed by atoms with van der Waals surface area (Å²) in [6.07, 6.45) is 0. The van der Waals surface area contributed by atoms with Gasteiger partial charge in [-0.05, 0) is 27.7 Å². The third-order valence-electron chi connectivity index (χ3n) is 2.82. The highest BCUT2D eigenvalue weighted by atomic mass is 15.4. The first-order valence-electron chi connectivity index (χ1n) is 4.31. The van der Waals surface area contributed by atoms with Crippen molar-refractivity contribution in [2.75, 3.05) is 19.6 Å². The Balaban J connectivity index is 4.15. The van der Waals surface area contributed by atoms with Crippen LogP contribution in [0.2, 0.25) is 0 Å². The number of quaternary nitrogens is 1. The summed E-state index contributed by atoms with van der Waals surface area (Å²) < 4.78 is 1.15. The van der Waals surface area contributed by atoms with Gasteiger partial charge in [0.2, 0.25) is 0 Å². The van der Waals surface area contributed by atoms with Crippen molar-refractivity contribution in [2.24, 2.45) is 0 Å². The fourth-order valence-electron chi connectivity index (χ4n) is 1.61. The maximum atomic E-state index is 4.10. The van der Waals surface area contributed by atoms with Crippen LogP contribution in [0.15, 0.2) is 0 Å². The van der Waals surface area contributed by atoms with Gasteiger partial charge in [-0.15, -0.1) is 0 Å². The lowest BCUT2D eigenvalue weighted by Gasteiger charge is -2.39. The summed E-state index contributed by atoms with van der Waals surface area (Å²) in [6.45, 7) is 16.7. The minimum atomic E-state index is 0.528. The van der Waals surface area contributed by atoms with Crippen molar-refractivity contribution in [2.45, 2.75) is 33.7 Å². The summed E-state index contributed by atoms with van der Waals surface area (Å²) in [4.78, 5) is 0. The van der Waals surface area contributed by atoms with E-state index in [2.05, 4.69) is 34.6 Å². The number of rotatable bonds is 4. The van der Waals surface area contributed by atoms with Crippen LogP contribution in [0.25, 0.3) is 0 Å². The molecule has 10 heavy (non-hydrogen) atoms. The predicted octanol–water partition coefficient (Wildman–Crippen LogP) is 2.09. The normalized spacial score (nSPS) is 12.6. The molecule has 0 saturated carbocycles. The molecule has 0 aliphatic rings. The molecule has 0 N–H and O–H groups in total. The van der Waals surface area contributed by atoms with Crippen molar-refractivity contribution in [3.63, 3.8) is 0 Å². The molecular weight excluding hydrogens is 122 g/mol. The Labute approximate surface area is 65.6 Å². The molecule has 0 aromatic carbocycles. The molecule has 0 fully saturated rings. The zero-order valence-corrected chi connectivity index (χ0v) is 7.85. The molecule has 0 amide bonds. The molecule has 0 heterocycles. The van der Waals surface area contributed by atoms with Gasteiger partial charge in [-0.25, -0.2) is 0 Å². The van der Waals surface area contributed by atoms with Crippen molar-refractivity contribution < 1.29 is 4.48 Å². The highest BCUT2D eigenvalue weighted by Gasteiger charge is 2.24. The summed E-state index contributed by atoms with van der Waals surface area (Å²) in [5.41, 5.74) is 0. The predicted molar refractivity (Wildman–Crippen MR) is 46.7 cm³/mol. The van der Waals surface area contributed by atoms with Crippen molar-refractivity contribution in [1.82, 2.24) is 0 Å². The van der Waals surface area contributed by atoms with E-state index in [1.54, 1.807) is 0 Å². The third-order valence-corrected chi connectivity index (χ3v) is 2.82. The first kappa shape index (κ1) is 9.96. The number of hydrogen-bond acceptors (Lipinski definition) is 0. The Morgan fingerprint density at radius 2 is 1.40 bits per heavy atom. The molecule has 1 unspecified atom stereocenters. The molecular formula is C9H21N+. The van der Waals surface area contributed by atoms with E-state index < -0.39 is 0 Å². The van der Waals surface area contributed by atoms with Gasteiger partial charge in [0.1, 0.15) is 0 Å². The van der Waals surface area contributed by atoms with Gasteiger partial charge < -0.3 is 4.48 Å². The van der Waals surface area contributed by atoms with Gasteiger partial charge in [-0.1, -0.05) is 0 Å². The molecule has 0 spiro atoms. The Morgan fingerprint density at radius 3 is 1.40 bits per heavy atom. The van der Waals surface area contributed by atoms with E-state index in [0.717, 1.165) is 4.48 Å². The molecule has 1 atom stereocenters. The van der Waals surface area contributed by atoms with E-state index in [1.807, 2.05) is 0 Å². The monoisotopic (exact) mass is 143 g/mol. The van der Waals surface area contributed by atoms with Gasteiger partial charge >= 0.3 is 0 Å². The second-order valence-corrected chi connectivity index (χ2v) is 3.02. The molecule has 0 aliphatic heterocycles. The van der Waals surface area contributed by atoms with Crippen LogP contribution in [-0.2, 0) is 0 Å². The summed E-state index contributed by atoms with van der Waals surface area (Å²) in [5.74, 6) is 0. The molecule has 1 radical (unpaired) electrons. The van der Waals surface area contributed by atoms with Crippen LogP contribution in [0.1, 0.15) is 27.7 Å². The molecule has 0 aliphatic carbocycles. The Kier molecular flexibility index (Phi) is 3.95. The number of hydrogen-bond donors (Lipinski definition) is 0. The highest BCUT2D eigenvalue weighted by molar-refractivity contribution is 4.53. The van der Waals surface area contributed by atoms with E-state index in [4.69, 9.17) is 0 Å². The summed E-state index contributed by atoms with van der Waals surface area (Å²) in [6, 6.07) is 0.528. The second-order valence-electron chi connectivity index (χ2n) is 3.02. The van der Waals surface area contributed by atoms with Crippen LogP contribution in [0.4, 0.5) is 0 Å². The maximum absolute atomic E-state index is 4.10. The average molecular weight is 143 g/mol. The Bertz CT molecular complexity index is 74.5. The molecule has 1 nitrogen and oxygen atoms in total. The summed E-state index contributed by atoms with van der Waals surface area (Å²) in [7, 11) is 0. The smallest absolute Gasteiger partial charge is 0.0863 e. The molecule has 61 valence electrons. The minimum absolute atomic E-state index is 0.528. The third kappa shape index (κ3) is 1.72. The topological polar surface area (TPSA) is 0 Å². The van der Waals surface area contributed by atoms with Crippen molar-refractivity contribution >= 4 is 0 Å². The Morgan fingerprint density at radius 1 is 1.10 bits per heavy atom. The van der Waals surface area contributed by atoms with Crippen molar-refractivity contribution in [3.05, 3.63) is 6.92 Å². The van der Waals surface area contributed by atoms with Crippen LogP contribution in [0.3, 0.4) is 0 Å². The van der Waals surface area contributed by atoms with Gasteiger partial charge in [0.15, 0.2) is 0 Å². The minimum Gasteiger partial charge on any atom is -0.322 e. The number of nitrogens with zero attached hydrogens (tertiary/aromatic N) is 1. The van der Waals surface area contributed by atoms with Crippen LogP contribution in [0.5, 0.6) is 0 Å². The van der Waals surface area contributed by atoms with E-state index in [1.165, 1.54) is 19.6 Å². The first-order chi connectivity index (χ1) is 4.63. The van der Waals surface area contributed by atoms with E-state index in [0.29, 0.717) is 6.04 Å². The summed E-state index contributed by atoms with van der Waals surface area (Å²) in [5, 5.41) is 0. The SMILES string of the molecule is [CH2]C(C)[N+](CC)(CC)CC. The van der Waals surface area contributed by atoms with Crippen LogP contribution in [0, 0.1) is 6.92 Å². The van der Waals surface area contributed by atoms with Gasteiger partial charge in [-0.2, -0.15) is 0 Å². The van der Waals surface area contributed by atoms with E-state index in [9.17, 15) is 0 Å². The lowest BCUT2D eigenvalue weighted by Crippen LogP contribution is -2.52. The van der Waals surface area contributed by atoms with Gasteiger partial charge in [0.05, 0.1) is 25.7 Å². The summed E-state index contributed by atoms with van der Waals surface area (Å²) >= 11 is 0. The van der Waals surface area contributed by atoms with Crippen molar-refractivity contribution in [1.29, 1.82) is 0 Å². The molecule has 0 rings (SSSR count).